The largest absolute Gasteiger partial charge is 0.454 e. The molecule has 2 aliphatic rings. The third-order valence-corrected chi connectivity index (χ3v) is 6.13. The molecule has 5 rings (SSSR count). The first kappa shape index (κ1) is 20.1. The first-order chi connectivity index (χ1) is 15.4. The van der Waals surface area contributed by atoms with Crippen molar-refractivity contribution in [2.24, 2.45) is 5.73 Å². The number of amides is 2. The normalized spacial score (nSPS) is 15.3. The molecule has 32 heavy (non-hydrogen) atoms. The Morgan fingerprint density at radius 1 is 1.06 bits per heavy atom. The van der Waals surface area contributed by atoms with Crippen molar-refractivity contribution < 1.29 is 27.7 Å². The van der Waals surface area contributed by atoms with Crippen LogP contribution in [0.1, 0.15) is 38.6 Å². The van der Waals surface area contributed by atoms with Crippen LogP contribution in [-0.2, 0) is 10.2 Å². The van der Waals surface area contributed by atoms with E-state index in [0.29, 0.717) is 46.6 Å². The van der Waals surface area contributed by atoms with E-state index >= 15 is 0 Å². The van der Waals surface area contributed by atoms with Crippen LogP contribution in [0.3, 0.4) is 0 Å². The number of rotatable bonds is 5. The lowest BCUT2D eigenvalue weighted by Crippen LogP contribution is -2.28. The van der Waals surface area contributed by atoms with E-state index in [4.69, 9.17) is 15.2 Å². The van der Waals surface area contributed by atoms with Crippen molar-refractivity contribution in [1.82, 2.24) is 0 Å². The van der Waals surface area contributed by atoms with E-state index in [1.807, 2.05) is 18.2 Å². The number of primary amides is 1. The van der Waals surface area contributed by atoms with Crippen molar-refractivity contribution in [3.63, 3.8) is 0 Å². The van der Waals surface area contributed by atoms with Gasteiger partial charge < -0.3 is 20.5 Å². The molecule has 0 spiro atoms. The van der Waals surface area contributed by atoms with E-state index in [-0.39, 0.29) is 22.7 Å². The molecule has 1 heterocycles. The van der Waals surface area contributed by atoms with Gasteiger partial charge in [-0.1, -0.05) is 18.2 Å². The number of benzene rings is 3. The molecule has 0 aromatic heterocycles. The second-order valence-electron chi connectivity index (χ2n) is 8.20. The minimum absolute atomic E-state index is 0. The van der Waals surface area contributed by atoms with Gasteiger partial charge in [0.2, 0.25) is 18.6 Å². The van der Waals surface area contributed by atoms with Crippen LogP contribution in [0.4, 0.5) is 10.1 Å². The van der Waals surface area contributed by atoms with Crippen LogP contribution in [0.15, 0.2) is 54.6 Å². The maximum atomic E-state index is 14.8. The minimum Gasteiger partial charge on any atom is -0.454 e. The smallest absolute Gasteiger partial charge is 0.248 e. The highest BCUT2D eigenvalue weighted by atomic mass is 19.1. The first-order valence-corrected chi connectivity index (χ1v) is 10.3. The second kappa shape index (κ2) is 7.37. The third kappa shape index (κ3) is 3.36. The lowest BCUT2D eigenvalue weighted by atomic mass is 9.94. The van der Waals surface area contributed by atoms with Gasteiger partial charge in [-0.05, 0) is 78.4 Å². The molecule has 1 aliphatic heterocycles. The van der Waals surface area contributed by atoms with Crippen LogP contribution >= 0.6 is 0 Å². The van der Waals surface area contributed by atoms with Gasteiger partial charge in [-0.25, -0.2) is 4.39 Å². The zero-order chi connectivity index (χ0) is 22.5. The fourth-order valence-electron chi connectivity index (χ4n) is 4.13. The molecule has 2 amide bonds. The summed E-state index contributed by atoms with van der Waals surface area (Å²) in [5, 5.41) is 2.78. The van der Waals surface area contributed by atoms with Crippen LogP contribution in [0, 0.1) is 12.7 Å². The number of hydrogen-bond acceptors (Lipinski definition) is 4. The number of carbonyl (C=O) groups excluding carboxylic acids is 2. The molecule has 0 saturated heterocycles. The molecule has 168 valence electrons. The van der Waals surface area contributed by atoms with Crippen LogP contribution in [0.25, 0.3) is 11.1 Å². The zero-order valence-corrected chi connectivity index (χ0v) is 17.4. The van der Waals surface area contributed by atoms with E-state index in [1.54, 1.807) is 37.3 Å². The quantitative estimate of drug-likeness (QED) is 0.584. The molecule has 1 aliphatic carbocycles. The monoisotopic (exact) mass is 438 g/mol. The molecule has 0 bridgehead atoms. The topological polar surface area (TPSA) is 90.7 Å². The first-order valence-electron chi connectivity index (χ1n) is 10.3. The van der Waals surface area contributed by atoms with Crippen LogP contribution in [0.2, 0.25) is 0 Å². The van der Waals surface area contributed by atoms with Crippen LogP contribution < -0.4 is 20.5 Å². The van der Waals surface area contributed by atoms with Gasteiger partial charge in [0.1, 0.15) is 5.82 Å². The predicted molar refractivity (Wildman–Crippen MR) is 124 cm³/mol. The molecule has 0 unspecified atom stereocenters. The fraction of sp³-hybridized carbons (Fsp3) is 0.200. The Hall–Kier alpha value is -3.87. The van der Waals surface area contributed by atoms with Crippen molar-refractivity contribution in [3.05, 3.63) is 77.1 Å². The lowest BCUT2D eigenvalue weighted by Gasteiger charge is -2.18. The Balaban J connectivity index is 0.00000144. The van der Waals surface area contributed by atoms with Gasteiger partial charge in [0.25, 0.3) is 0 Å². The number of carbonyl (C=O) groups is 2. The molecule has 7 heteroatoms. The average Bonchev–Trinajstić information content (AvgIpc) is 3.46. The number of fused-ring (bicyclic) bond motifs is 1. The van der Waals surface area contributed by atoms with Crippen molar-refractivity contribution in [3.8, 4) is 22.6 Å². The molecular weight excluding hydrogens is 411 g/mol. The summed E-state index contributed by atoms with van der Waals surface area (Å²) in [5.74, 6) is -0.0697. The van der Waals surface area contributed by atoms with Gasteiger partial charge in [0.15, 0.2) is 11.5 Å². The second-order valence-corrected chi connectivity index (χ2v) is 8.20. The Kier molecular flexibility index (Phi) is 4.62. The van der Waals surface area contributed by atoms with E-state index in [1.165, 1.54) is 6.07 Å². The molecule has 1 saturated carbocycles. The maximum Gasteiger partial charge on any atom is 0.248 e. The minimum atomic E-state index is -0.718. The molecule has 3 N–H and O–H groups in total. The third-order valence-electron chi connectivity index (χ3n) is 6.13. The summed E-state index contributed by atoms with van der Waals surface area (Å²) in [6.07, 6.45) is 1.33. The summed E-state index contributed by atoms with van der Waals surface area (Å²) >= 11 is 0. The summed E-state index contributed by atoms with van der Waals surface area (Å²) in [6, 6.07) is 15.2. The number of anilines is 1. The summed E-state index contributed by atoms with van der Waals surface area (Å²) in [7, 11) is 0. The van der Waals surface area contributed by atoms with Crippen molar-refractivity contribution >= 4 is 17.5 Å². The van der Waals surface area contributed by atoms with Gasteiger partial charge in [-0.3, -0.25) is 9.59 Å². The number of hydrogen-bond donors (Lipinski definition) is 2. The standard InChI is InChI=1S/C25H21FN2O4.3H2/c1-14-9-19(26)20(12-18(14)15-3-2-4-16(10-15)23(27)29)28-24(30)25(7-8-25)17-5-6-21-22(11-17)32-13-31-21;;;/h2-6,9-12H,7-8,13H2,1H3,(H2,27,29)(H,28,30);3*1H. The van der Waals surface area contributed by atoms with Crippen molar-refractivity contribution in [2.75, 3.05) is 12.1 Å². The molecular formula is C25H27FN2O4. The molecule has 0 radical (unpaired) electrons. The van der Waals surface area contributed by atoms with E-state index in [2.05, 4.69) is 5.32 Å². The van der Waals surface area contributed by atoms with E-state index < -0.39 is 17.1 Å². The van der Waals surface area contributed by atoms with Crippen LogP contribution in [0.5, 0.6) is 11.5 Å². The lowest BCUT2D eigenvalue weighted by molar-refractivity contribution is -0.118. The van der Waals surface area contributed by atoms with Gasteiger partial charge in [-0.2, -0.15) is 0 Å². The number of nitrogens with two attached hydrogens (primary N) is 1. The van der Waals surface area contributed by atoms with E-state index in [9.17, 15) is 14.0 Å². The summed E-state index contributed by atoms with van der Waals surface area (Å²) in [4.78, 5) is 24.8. The summed E-state index contributed by atoms with van der Waals surface area (Å²) in [6.45, 7) is 1.93. The average molecular weight is 438 g/mol. The fourth-order valence-corrected chi connectivity index (χ4v) is 4.13. The zero-order valence-electron chi connectivity index (χ0n) is 17.4. The Morgan fingerprint density at radius 3 is 2.59 bits per heavy atom. The Bertz CT molecular complexity index is 1280. The van der Waals surface area contributed by atoms with E-state index in [0.717, 1.165) is 5.56 Å². The summed E-state index contributed by atoms with van der Waals surface area (Å²) in [5.41, 5.74) is 8.04. The predicted octanol–water partition coefficient (Wildman–Crippen LogP) is 5.04. The summed E-state index contributed by atoms with van der Waals surface area (Å²) < 4.78 is 25.6. The molecule has 1 fully saturated rings. The number of ether oxygens (including phenoxy) is 2. The van der Waals surface area contributed by atoms with Gasteiger partial charge in [0, 0.05) is 9.84 Å². The number of nitrogens with one attached hydrogen (secondary N) is 1. The number of halogens is 1. The van der Waals surface area contributed by atoms with Crippen molar-refractivity contribution in [2.45, 2.75) is 25.2 Å². The maximum absolute atomic E-state index is 14.8. The molecule has 3 aromatic carbocycles. The Labute approximate surface area is 188 Å². The van der Waals surface area contributed by atoms with Crippen LogP contribution in [-0.4, -0.2) is 18.6 Å². The van der Waals surface area contributed by atoms with Gasteiger partial charge in [0.05, 0.1) is 11.1 Å². The Morgan fingerprint density at radius 2 is 1.84 bits per heavy atom. The van der Waals surface area contributed by atoms with Gasteiger partial charge in [-0.15, -0.1) is 0 Å². The highest BCUT2D eigenvalue weighted by Gasteiger charge is 2.51. The van der Waals surface area contributed by atoms with Gasteiger partial charge >= 0.3 is 0 Å². The number of aryl methyl sites for hydroxylation is 1. The molecule has 0 atom stereocenters. The SMILES string of the molecule is Cc1cc(F)c(NC(=O)C2(c3ccc4c(c3)OCO4)CC2)cc1-c1cccc(C(N)=O)c1.[HH].[HH].[HH]. The molecule has 6 nitrogen and oxygen atoms in total. The van der Waals surface area contributed by atoms with Crippen molar-refractivity contribution in [1.29, 1.82) is 0 Å². The highest BCUT2D eigenvalue weighted by Crippen LogP contribution is 2.51. The molecule has 3 aromatic rings. The highest BCUT2D eigenvalue weighted by molar-refractivity contribution is 6.02.